The van der Waals surface area contributed by atoms with Crippen LogP contribution in [0.3, 0.4) is 0 Å². The molecule has 3 rings (SSSR count). The minimum atomic E-state index is -0.410. The summed E-state index contributed by atoms with van der Waals surface area (Å²) < 4.78 is 10.6. The number of carbonyl (C=O) groups is 2. The first-order chi connectivity index (χ1) is 12.2. The van der Waals surface area contributed by atoms with Crippen LogP contribution in [0.1, 0.15) is 27.1 Å². The monoisotopic (exact) mass is 339 g/mol. The molecule has 0 atom stereocenters. The maximum absolute atomic E-state index is 12.3. The molecule has 2 aromatic carbocycles. The molecule has 0 spiro atoms. The number of ether oxygens (including phenoxy) is 2. The van der Waals surface area contributed by atoms with E-state index in [1.54, 1.807) is 48.5 Å². The predicted octanol–water partition coefficient (Wildman–Crippen LogP) is 2.81. The van der Waals surface area contributed by atoms with Crippen molar-refractivity contribution < 1.29 is 19.1 Å². The summed E-state index contributed by atoms with van der Waals surface area (Å²) in [6.07, 6.45) is 0.475. The quantitative estimate of drug-likeness (QED) is 0.460. The molecule has 0 N–H and O–H groups in total. The number of hydrogen-bond donors (Lipinski definition) is 0. The van der Waals surface area contributed by atoms with Gasteiger partial charge in [0.2, 0.25) is 0 Å². The lowest BCUT2D eigenvalue weighted by molar-refractivity contribution is 0.0370. The molecule has 0 aromatic heterocycles. The van der Waals surface area contributed by atoms with Gasteiger partial charge in [-0.05, 0) is 36.4 Å². The van der Waals surface area contributed by atoms with Gasteiger partial charge in [0.05, 0.1) is 18.8 Å². The fourth-order valence-corrected chi connectivity index (χ4v) is 2.68. The number of hydrogen-bond acceptors (Lipinski definition) is 5. The topological polar surface area (TPSA) is 55.8 Å². The normalized spacial score (nSPS) is 14.9. The molecular formula is C20H21NO4. The molecule has 0 aliphatic carbocycles. The van der Waals surface area contributed by atoms with E-state index in [0.717, 1.165) is 32.8 Å². The highest BCUT2D eigenvalue weighted by molar-refractivity contribution is 5.96. The molecule has 0 radical (unpaired) electrons. The lowest BCUT2D eigenvalue weighted by atomic mass is 10.1. The molecule has 1 aliphatic rings. The number of benzene rings is 2. The molecule has 0 saturated carbocycles. The molecule has 0 bridgehead atoms. The van der Waals surface area contributed by atoms with Crippen molar-refractivity contribution in [2.45, 2.75) is 6.42 Å². The van der Waals surface area contributed by atoms with Gasteiger partial charge in [0.1, 0.15) is 5.75 Å². The zero-order chi connectivity index (χ0) is 17.5. The molecule has 1 aliphatic heterocycles. The van der Waals surface area contributed by atoms with Crippen molar-refractivity contribution in [3.63, 3.8) is 0 Å². The highest BCUT2D eigenvalue weighted by atomic mass is 16.5. The zero-order valence-electron chi connectivity index (χ0n) is 14.0. The van der Waals surface area contributed by atoms with E-state index in [1.165, 1.54) is 0 Å². The predicted molar refractivity (Wildman–Crippen MR) is 94.0 cm³/mol. The van der Waals surface area contributed by atoms with Crippen LogP contribution in [-0.2, 0) is 4.74 Å². The Labute approximate surface area is 147 Å². The van der Waals surface area contributed by atoms with E-state index in [0.29, 0.717) is 23.3 Å². The lowest BCUT2D eigenvalue weighted by Gasteiger charge is -2.26. The SMILES string of the molecule is O=C(CCN1CCOCC1)c1ccc(OC(=O)c2ccccc2)cc1. The number of carbonyl (C=O) groups excluding carboxylic acids is 2. The van der Waals surface area contributed by atoms with Gasteiger partial charge in [0, 0.05) is 31.6 Å². The van der Waals surface area contributed by atoms with E-state index >= 15 is 0 Å². The Balaban J connectivity index is 1.52. The molecule has 5 heteroatoms. The minimum absolute atomic E-state index is 0.0902. The Morgan fingerprint density at radius 3 is 2.28 bits per heavy atom. The van der Waals surface area contributed by atoms with Crippen molar-refractivity contribution >= 4 is 11.8 Å². The first kappa shape index (κ1) is 17.3. The summed E-state index contributed by atoms with van der Waals surface area (Å²) in [5.74, 6) is 0.109. The molecule has 1 fully saturated rings. The van der Waals surface area contributed by atoms with Gasteiger partial charge in [0.15, 0.2) is 5.78 Å². The first-order valence-electron chi connectivity index (χ1n) is 8.43. The van der Waals surface area contributed by atoms with E-state index in [9.17, 15) is 9.59 Å². The van der Waals surface area contributed by atoms with Crippen molar-refractivity contribution in [2.75, 3.05) is 32.8 Å². The maximum Gasteiger partial charge on any atom is 0.343 e. The molecular weight excluding hydrogens is 318 g/mol. The number of Topliss-reactive ketones (excluding diaryl/α,β-unsaturated/α-hetero) is 1. The van der Waals surface area contributed by atoms with Crippen LogP contribution in [0.5, 0.6) is 5.75 Å². The smallest absolute Gasteiger partial charge is 0.343 e. The molecule has 2 aromatic rings. The Bertz CT molecular complexity index is 706. The van der Waals surface area contributed by atoms with E-state index in [4.69, 9.17) is 9.47 Å². The number of esters is 1. The van der Waals surface area contributed by atoms with Gasteiger partial charge in [-0.1, -0.05) is 18.2 Å². The van der Waals surface area contributed by atoms with Gasteiger partial charge >= 0.3 is 5.97 Å². The van der Waals surface area contributed by atoms with Crippen LogP contribution < -0.4 is 4.74 Å². The second-order valence-corrected chi connectivity index (χ2v) is 5.91. The van der Waals surface area contributed by atoms with Gasteiger partial charge < -0.3 is 9.47 Å². The van der Waals surface area contributed by atoms with Gasteiger partial charge in [-0.3, -0.25) is 9.69 Å². The Kier molecular flexibility index (Phi) is 5.93. The summed E-state index contributed by atoms with van der Waals surface area (Å²) in [7, 11) is 0. The number of ketones is 1. The third-order valence-electron chi connectivity index (χ3n) is 4.16. The fourth-order valence-electron chi connectivity index (χ4n) is 2.68. The standard InChI is InChI=1S/C20H21NO4/c22-19(10-11-21-12-14-24-15-13-21)16-6-8-18(9-7-16)25-20(23)17-4-2-1-3-5-17/h1-9H,10-15H2. The molecule has 0 amide bonds. The zero-order valence-corrected chi connectivity index (χ0v) is 14.0. The van der Waals surface area contributed by atoms with Crippen LogP contribution in [0.25, 0.3) is 0 Å². The van der Waals surface area contributed by atoms with Gasteiger partial charge in [-0.2, -0.15) is 0 Å². The lowest BCUT2D eigenvalue weighted by Crippen LogP contribution is -2.37. The second kappa shape index (κ2) is 8.55. The van der Waals surface area contributed by atoms with Crippen LogP contribution >= 0.6 is 0 Å². The van der Waals surface area contributed by atoms with Gasteiger partial charge in [-0.25, -0.2) is 4.79 Å². The Hall–Kier alpha value is -2.50. The molecule has 25 heavy (non-hydrogen) atoms. The van der Waals surface area contributed by atoms with Crippen LogP contribution in [0, 0.1) is 0 Å². The van der Waals surface area contributed by atoms with Crippen molar-refractivity contribution in [1.29, 1.82) is 0 Å². The van der Waals surface area contributed by atoms with Crippen LogP contribution in [0.4, 0.5) is 0 Å². The van der Waals surface area contributed by atoms with Gasteiger partial charge in [-0.15, -0.1) is 0 Å². The highest BCUT2D eigenvalue weighted by Crippen LogP contribution is 2.15. The average Bonchev–Trinajstić information content (AvgIpc) is 2.68. The van der Waals surface area contributed by atoms with Crippen LogP contribution in [-0.4, -0.2) is 49.5 Å². The summed E-state index contributed by atoms with van der Waals surface area (Å²) in [6.45, 7) is 3.96. The maximum atomic E-state index is 12.3. The Morgan fingerprint density at radius 2 is 1.60 bits per heavy atom. The second-order valence-electron chi connectivity index (χ2n) is 5.91. The van der Waals surface area contributed by atoms with Crippen LogP contribution in [0.15, 0.2) is 54.6 Å². The number of morpholine rings is 1. The number of nitrogens with zero attached hydrogens (tertiary/aromatic N) is 1. The highest BCUT2D eigenvalue weighted by Gasteiger charge is 2.13. The summed E-state index contributed by atoms with van der Waals surface area (Å²) in [5, 5.41) is 0. The summed E-state index contributed by atoms with van der Waals surface area (Å²) in [5.41, 5.74) is 1.13. The van der Waals surface area contributed by atoms with E-state index in [2.05, 4.69) is 4.90 Å². The molecule has 1 heterocycles. The molecule has 1 saturated heterocycles. The third kappa shape index (κ3) is 4.98. The molecule has 130 valence electrons. The van der Waals surface area contributed by atoms with E-state index < -0.39 is 5.97 Å². The van der Waals surface area contributed by atoms with Gasteiger partial charge in [0.25, 0.3) is 0 Å². The molecule has 5 nitrogen and oxygen atoms in total. The van der Waals surface area contributed by atoms with Crippen molar-refractivity contribution in [1.82, 2.24) is 4.90 Å². The summed E-state index contributed by atoms with van der Waals surface area (Å²) >= 11 is 0. The van der Waals surface area contributed by atoms with Crippen molar-refractivity contribution in [2.24, 2.45) is 0 Å². The van der Waals surface area contributed by atoms with Crippen molar-refractivity contribution in [3.8, 4) is 5.75 Å². The van der Waals surface area contributed by atoms with E-state index in [-0.39, 0.29) is 5.78 Å². The van der Waals surface area contributed by atoms with Crippen molar-refractivity contribution in [3.05, 3.63) is 65.7 Å². The fraction of sp³-hybridized carbons (Fsp3) is 0.300. The number of rotatable bonds is 6. The van der Waals surface area contributed by atoms with E-state index in [1.807, 2.05) is 6.07 Å². The molecule has 0 unspecified atom stereocenters. The first-order valence-corrected chi connectivity index (χ1v) is 8.43. The largest absolute Gasteiger partial charge is 0.423 e. The third-order valence-corrected chi connectivity index (χ3v) is 4.16. The summed E-state index contributed by atoms with van der Waals surface area (Å²) in [4.78, 5) is 26.5. The van der Waals surface area contributed by atoms with Crippen LogP contribution in [0.2, 0.25) is 0 Å². The average molecular weight is 339 g/mol. The summed E-state index contributed by atoms with van der Waals surface area (Å²) in [6, 6.07) is 15.5. The minimum Gasteiger partial charge on any atom is -0.423 e. The Morgan fingerprint density at radius 1 is 0.920 bits per heavy atom.